The van der Waals surface area contributed by atoms with E-state index in [0.29, 0.717) is 17.2 Å². The van der Waals surface area contributed by atoms with Gasteiger partial charge in [0.25, 0.3) is 0 Å². The minimum Gasteiger partial charge on any atom is -0.480 e. The first-order chi connectivity index (χ1) is 12.6. The van der Waals surface area contributed by atoms with Crippen LogP contribution in [0.2, 0.25) is 0 Å². The maximum atomic E-state index is 11.9. The van der Waals surface area contributed by atoms with Gasteiger partial charge in [-0.2, -0.15) is 0 Å². The topological polar surface area (TPSA) is 97.8 Å². The first-order valence-electron chi connectivity index (χ1n) is 8.23. The number of ether oxygens (including phenoxy) is 2. The lowest BCUT2D eigenvalue weighted by atomic mass is 10.1. The Morgan fingerprint density at radius 1 is 1.26 bits per heavy atom. The number of hydrogen-bond acceptors (Lipinski definition) is 5. The molecule has 2 rings (SSSR count). The lowest BCUT2D eigenvalue weighted by Gasteiger charge is -2.22. The van der Waals surface area contributed by atoms with Crippen LogP contribution in [0.5, 0.6) is 11.6 Å². The van der Waals surface area contributed by atoms with Gasteiger partial charge in [-0.3, -0.25) is 0 Å². The predicted molar refractivity (Wildman–Crippen MR) is 103 cm³/mol. The average Bonchev–Trinajstić information content (AvgIpc) is 2.55. The number of rotatable bonds is 6. The number of halogens is 1. The zero-order valence-corrected chi connectivity index (χ0v) is 16.8. The largest absolute Gasteiger partial charge is 0.480 e. The van der Waals surface area contributed by atoms with Crippen LogP contribution in [0.25, 0.3) is 0 Å². The number of amides is 1. The van der Waals surface area contributed by atoms with Gasteiger partial charge in [0.05, 0.1) is 0 Å². The van der Waals surface area contributed by atoms with E-state index < -0.39 is 23.7 Å². The van der Waals surface area contributed by atoms with Crippen LogP contribution in [0.15, 0.2) is 47.1 Å². The smallest absolute Gasteiger partial charge is 0.408 e. The van der Waals surface area contributed by atoms with E-state index in [1.165, 1.54) is 0 Å². The van der Waals surface area contributed by atoms with Gasteiger partial charge in [0, 0.05) is 23.2 Å². The molecule has 0 fully saturated rings. The van der Waals surface area contributed by atoms with Crippen LogP contribution >= 0.6 is 15.9 Å². The third-order valence-electron chi connectivity index (χ3n) is 3.25. The van der Waals surface area contributed by atoms with Crippen molar-refractivity contribution in [2.24, 2.45) is 0 Å². The van der Waals surface area contributed by atoms with Crippen molar-refractivity contribution in [3.8, 4) is 11.6 Å². The monoisotopic (exact) mass is 436 g/mol. The van der Waals surface area contributed by atoms with Crippen LogP contribution in [-0.4, -0.2) is 33.8 Å². The second-order valence-corrected chi connectivity index (χ2v) is 7.72. The van der Waals surface area contributed by atoms with Crippen LogP contribution < -0.4 is 10.1 Å². The molecule has 0 aliphatic rings. The number of carboxylic acids is 1. The molecule has 0 aliphatic carbocycles. The summed E-state index contributed by atoms with van der Waals surface area (Å²) >= 11 is 3.30. The van der Waals surface area contributed by atoms with Crippen molar-refractivity contribution in [1.29, 1.82) is 0 Å². The maximum Gasteiger partial charge on any atom is 0.408 e. The van der Waals surface area contributed by atoms with Crippen molar-refractivity contribution in [2.75, 3.05) is 0 Å². The number of pyridine rings is 1. The number of hydrogen-bond donors (Lipinski definition) is 2. The Morgan fingerprint density at radius 3 is 2.59 bits per heavy atom. The average molecular weight is 437 g/mol. The van der Waals surface area contributed by atoms with Gasteiger partial charge in [-0.1, -0.05) is 12.1 Å². The molecule has 0 saturated carbocycles. The van der Waals surface area contributed by atoms with Gasteiger partial charge >= 0.3 is 12.1 Å². The molecule has 1 amide bonds. The van der Waals surface area contributed by atoms with Crippen LogP contribution in [0.1, 0.15) is 26.3 Å². The minimum absolute atomic E-state index is 0.0829. The first-order valence-corrected chi connectivity index (χ1v) is 9.02. The molecule has 1 aromatic carbocycles. The Kier molecular flexibility index (Phi) is 6.79. The molecule has 27 heavy (non-hydrogen) atoms. The molecule has 0 spiro atoms. The summed E-state index contributed by atoms with van der Waals surface area (Å²) in [4.78, 5) is 27.5. The van der Waals surface area contributed by atoms with Gasteiger partial charge < -0.3 is 19.9 Å². The molecule has 1 heterocycles. The highest BCUT2D eigenvalue weighted by atomic mass is 79.9. The number of aromatic nitrogens is 1. The van der Waals surface area contributed by atoms with Crippen molar-refractivity contribution in [3.05, 3.63) is 52.6 Å². The summed E-state index contributed by atoms with van der Waals surface area (Å²) in [6.45, 7) is 5.12. The lowest BCUT2D eigenvalue weighted by molar-refractivity contribution is -0.139. The summed E-state index contributed by atoms with van der Waals surface area (Å²) in [6, 6.07) is 9.34. The van der Waals surface area contributed by atoms with Crippen molar-refractivity contribution in [1.82, 2.24) is 10.3 Å². The Hall–Kier alpha value is -2.61. The maximum absolute atomic E-state index is 11.9. The molecule has 0 bridgehead atoms. The van der Waals surface area contributed by atoms with Crippen molar-refractivity contribution in [3.63, 3.8) is 0 Å². The van der Waals surface area contributed by atoms with Gasteiger partial charge in [0.1, 0.15) is 17.4 Å². The van der Waals surface area contributed by atoms with E-state index in [1.807, 2.05) is 0 Å². The van der Waals surface area contributed by atoms with E-state index in [-0.39, 0.29) is 6.42 Å². The number of carboxylic acid groups (broad SMARTS) is 1. The third-order valence-corrected chi connectivity index (χ3v) is 3.72. The normalized spacial score (nSPS) is 12.1. The summed E-state index contributed by atoms with van der Waals surface area (Å²) in [6.07, 6.45) is 0.922. The number of carbonyl (C=O) groups excluding carboxylic acids is 1. The molecule has 0 saturated heterocycles. The number of carbonyl (C=O) groups is 2. The summed E-state index contributed by atoms with van der Waals surface area (Å²) < 4.78 is 11.6. The summed E-state index contributed by atoms with van der Waals surface area (Å²) in [7, 11) is 0. The van der Waals surface area contributed by atoms with E-state index in [4.69, 9.17) is 9.47 Å². The molecular weight excluding hydrogens is 416 g/mol. The molecule has 7 nitrogen and oxygen atoms in total. The number of alkyl carbamates (subject to hydrolysis) is 1. The SMILES string of the molecule is CC(C)(C)OC(=O)NC(Cc1cccc(Oc2ccc(Br)cn2)c1)C(=O)O. The molecule has 0 aliphatic heterocycles. The molecule has 2 N–H and O–H groups in total. The number of nitrogens with one attached hydrogen (secondary N) is 1. The minimum atomic E-state index is -1.15. The molecule has 1 atom stereocenters. The number of aliphatic carboxylic acids is 1. The van der Waals surface area contributed by atoms with E-state index in [2.05, 4.69) is 26.2 Å². The number of benzene rings is 1. The van der Waals surface area contributed by atoms with Crippen molar-refractivity contribution < 1.29 is 24.2 Å². The Balaban J connectivity index is 2.06. The van der Waals surface area contributed by atoms with Gasteiger partial charge in [-0.05, 0) is 60.5 Å². The predicted octanol–water partition coefficient (Wildman–Crippen LogP) is 4.16. The highest BCUT2D eigenvalue weighted by Crippen LogP contribution is 2.22. The zero-order chi connectivity index (χ0) is 20.0. The molecule has 144 valence electrons. The Bertz CT molecular complexity index is 802. The van der Waals surface area contributed by atoms with E-state index in [9.17, 15) is 14.7 Å². The third kappa shape index (κ3) is 7.26. The van der Waals surface area contributed by atoms with Crippen LogP contribution in [0, 0.1) is 0 Å². The highest BCUT2D eigenvalue weighted by molar-refractivity contribution is 9.10. The summed E-state index contributed by atoms with van der Waals surface area (Å²) in [5.41, 5.74) is -0.0217. The fourth-order valence-corrected chi connectivity index (χ4v) is 2.40. The van der Waals surface area contributed by atoms with Crippen molar-refractivity contribution >= 4 is 28.0 Å². The van der Waals surface area contributed by atoms with Crippen LogP contribution in [0.4, 0.5) is 4.79 Å². The fourth-order valence-electron chi connectivity index (χ4n) is 2.16. The van der Waals surface area contributed by atoms with Gasteiger partial charge in [-0.25, -0.2) is 14.6 Å². The Labute approximate surface area is 165 Å². The molecule has 2 aromatic rings. The standard InChI is InChI=1S/C19H21BrN2O5/c1-19(2,3)27-18(25)22-15(17(23)24)10-12-5-4-6-14(9-12)26-16-8-7-13(20)11-21-16/h4-9,11,15H,10H2,1-3H3,(H,22,25)(H,23,24). The van der Waals surface area contributed by atoms with E-state index in [0.717, 1.165) is 4.47 Å². The van der Waals surface area contributed by atoms with Gasteiger partial charge in [-0.15, -0.1) is 0 Å². The van der Waals surface area contributed by atoms with E-state index in [1.54, 1.807) is 63.4 Å². The molecule has 1 aromatic heterocycles. The van der Waals surface area contributed by atoms with Crippen molar-refractivity contribution in [2.45, 2.75) is 38.8 Å². The summed E-state index contributed by atoms with van der Waals surface area (Å²) in [5.74, 6) is -0.220. The molecule has 8 heteroatoms. The van der Waals surface area contributed by atoms with Crippen LogP contribution in [-0.2, 0) is 16.0 Å². The fraction of sp³-hybridized carbons (Fsp3) is 0.316. The van der Waals surface area contributed by atoms with Gasteiger partial charge in [0.15, 0.2) is 0 Å². The quantitative estimate of drug-likeness (QED) is 0.705. The first kappa shape index (κ1) is 20.7. The lowest BCUT2D eigenvalue weighted by Crippen LogP contribution is -2.44. The van der Waals surface area contributed by atoms with Crippen LogP contribution in [0.3, 0.4) is 0 Å². The molecule has 0 radical (unpaired) electrons. The van der Waals surface area contributed by atoms with Gasteiger partial charge in [0.2, 0.25) is 5.88 Å². The second kappa shape index (κ2) is 8.85. The Morgan fingerprint density at radius 2 is 2.00 bits per heavy atom. The summed E-state index contributed by atoms with van der Waals surface area (Å²) in [5, 5.41) is 11.8. The number of nitrogens with zero attached hydrogens (tertiary/aromatic N) is 1. The zero-order valence-electron chi connectivity index (χ0n) is 15.2. The molecule has 1 unspecified atom stereocenters. The van der Waals surface area contributed by atoms with E-state index >= 15 is 0 Å². The highest BCUT2D eigenvalue weighted by Gasteiger charge is 2.24. The molecular formula is C19H21BrN2O5. The second-order valence-electron chi connectivity index (χ2n) is 6.81.